The van der Waals surface area contributed by atoms with Crippen molar-refractivity contribution in [3.05, 3.63) is 77.2 Å². The van der Waals surface area contributed by atoms with Crippen molar-refractivity contribution >= 4 is 17.2 Å². The lowest BCUT2D eigenvalue weighted by atomic mass is 9.77. The third-order valence-corrected chi connectivity index (χ3v) is 8.08. The number of piperazine rings is 1. The average molecular weight is 487 g/mol. The van der Waals surface area contributed by atoms with Crippen molar-refractivity contribution in [1.29, 1.82) is 0 Å². The Morgan fingerprint density at radius 2 is 1.86 bits per heavy atom. The molecule has 5 nitrogen and oxygen atoms in total. The van der Waals surface area contributed by atoms with Gasteiger partial charge in [-0.25, -0.2) is 4.99 Å². The molecule has 4 rings (SSSR count). The molecule has 36 heavy (non-hydrogen) atoms. The zero-order valence-corrected chi connectivity index (χ0v) is 23.0. The van der Waals surface area contributed by atoms with Crippen molar-refractivity contribution in [2.75, 3.05) is 33.2 Å². The highest BCUT2D eigenvalue weighted by Crippen LogP contribution is 2.36. The first-order valence-electron chi connectivity index (χ1n) is 13.2. The van der Waals surface area contributed by atoms with Gasteiger partial charge in [-0.3, -0.25) is 4.79 Å². The van der Waals surface area contributed by atoms with E-state index in [1.807, 2.05) is 6.92 Å². The summed E-state index contributed by atoms with van der Waals surface area (Å²) in [6.07, 6.45) is 10.3. The molecule has 2 atom stereocenters. The molecule has 5 heteroatoms. The number of hydrogen-bond acceptors (Lipinski definition) is 4. The van der Waals surface area contributed by atoms with Crippen LogP contribution in [0.25, 0.3) is 5.57 Å². The molecule has 1 aromatic carbocycles. The van der Waals surface area contributed by atoms with Crippen LogP contribution in [0.3, 0.4) is 0 Å². The van der Waals surface area contributed by atoms with Gasteiger partial charge in [0.25, 0.3) is 0 Å². The van der Waals surface area contributed by atoms with Gasteiger partial charge in [0, 0.05) is 55.6 Å². The van der Waals surface area contributed by atoms with Crippen LogP contribution in [0.4, 0.5) is 0 Å². The number of aliphatic imine (C=N–C) groups is 1. The van der Waals surface area contributed by atoms with Crippen LogP contribution in [0.15, 0.2) is 65.5 Å². The van der Waals surface area contributed by atoms with Crippen molar-refractivity contribution in [3.63, 3.8) is 0 Å². The number of likely N-dealkylation sites (N-methyl/N-ethyl adjacent to an activating group) is 1. The third kappa shape index (κ3) is 5.73. The minimum atomic E-state index is -0.415. The summed E-state index contributed by atoms with van der Waals surface area (Å²) in [6, 6.07) is 7.17. The Bertz CT molecular complexity index is 1150. The van der Waals surface area contributed by atoms with E-state index in [-0.39, 0.29) is 5.78 Å². The number of ketones is 1. The smallest absolute Gasteiger partial charge is 0.139 e. The fourth-order valence-electron chi connectivity index (χ4n) is 5.44. The molecule has 192 valence electrons. The molecule has 1 saturated heterocycles. The molecule has 0 radical (unpaired) electrons. The first kappa shape index (κ1) is 26.2. The fraction of sp³-hybridized carbons (Fsp3) is 0.484. The number of rotatable bonds is 5. The molecule has 1 aromatic rings. The molecule has 0 spiro atoms. The van der Waals surface area contributed by atoms with E-state index in [1.54, 1.807) is 6.92 Å². The van der Waals surface area contributed by atoms with Crippen LogP contribution in [-0.4, -0.2) is 65.6 Å². The van der Waals surface area contributed by atoms with Gasteiger partial charge in [0.2, 0.25) is 0 Å². The highest BCUT2D eigenvalue weighted by Gasteiger charge is 2.29. The van der Waals surface area contributed by atoms with E-state index in [2.05, 4.69) is 91.6 Å². The van der Waals surface area contributed by atoms with Crippen molar-refractivity contribution in [2.24, 2.45) is 10.4 Å². The van der Waals surface area contributed by atoms with Gasteiger partial charge in [-0.15, -0.1) is 0 Å². The molecule has 1 fully saturated rings. The lowest BCUT2D eigenvalue weighted by Crippen LogP contribution is -2.43. The van der Waals surface area contributed by atoms with Gasteiger partial charge in [-0.1, -0.05) is 36.9 Å². The van der Waals surface area contributed by atoms with Gasteiger partial charge in [-0.05, 0) is 88.9 Å². The van der Waals surface area contributed by atoms with E-state index in [4.69, 9.17) is 4.99 Å². The number of benzene rings is 1. The molecule has 2 aliphatic heterocycles. The number of carbonyl (C=O) groups excluding carboxylic acids is 1. The van der Waals surface area contributed by atoms with E-state index in [9.17, 15) is 4.79 Å². The number of nitrogens with zero attached hydrogens (tertiary/aromatic N) is 4. The zero-order chi connectivity index (χ0) is 26.0. The largest absolute Gasteiger partial charge is 0.369 e. The van der Waals surface area contributed by atoms with Crippen molar-refractivity contribution < 1.29 is 4.79 Å². The predicted octanol–water partition coefficient (Wildman–Crippen LogP) is 5.46. The molecular weight excluding hydrogens is 444 g/mol. The number of allylic oxidation sites excluding steroid dienone is 6. The number of carbonyl (C=O) groups is 1. The summed E-state index contributed by atoms with van der Waals surface area (Å²) in [7, 11) is 2.17. The highest BCUT2D eigenvalue weighted by atomic mass is 16.1. The first-order chi connectivity index (χ1) is 17.1. The van der Waals surface area contributed by atoms with Gasteiger partial charge in [0.15, 0.2) is 0 Å². The van der Waals surface area contributed by atoms with Gasteiger partial charge in [0.05, 0.1) is 0 Å². The lowest BCUT2D eigenvalue weighted by molar-refractivity contribution is -0.123. The number of amidine groups is 1. The molecule has 2 heterocycles. The first-order valence-corrected chi connectivity index (χ1v) is 13.2. The highest BCUT2D eigenvalue weighted by molar-refractivity contribution is 5.89. The summed E-state index contributed by atoms with van der Waals surface area (Å²) in [4.78, 5) is 24.3. The minimum Gasteiger partial charge on any atom is -0.369 e. The maximum absolute atomic E-state index is 12.2. The summed E-state index contributed by atoms with van der Waals surface area (Å²) in [6.45, 7) is 19.5. The quantitative estimate of drug-likeness (QED) is 0.315. The fourth-order valence-corrected chi connectivity index (χ4v) is 5.44. The van der Waals surface area contributed by atoms with Crippen LogP contribution in [0.5, 0.6) is 0 Å². The maximum atomic E-state index is 12.2. The summed E-state index contributed by atoms with van der Waals surface area (Å²) in [5, 5.41) is 0. The second-order valence-electron chi connectivity index (χ2n) is 11.1. The molecule has 3 aliphatic rings. The van der Waals surface area contributed by atoms with Crippen molar-refractivity contribution in [2.45, 2.75) is 60.0 Å². The molecule has 0 amide bonds. The third-order valence-electron chi connectivity index (χ3n) is 8.08. The van der Waals surface area contributed by atoms with E-state index >= 15 is 0 Å². The Kier molecular flexibility index (Phi) is 7.70. The summed E-state index contributed by atoms with van der Waals surface area (Å²) in [5.41, 5.74) is 6.68. The molecule has 1 aliphatic carbocycles. The van der Waals surface area contributed by atoms with Crippen molar-refractivity contribution in [1.82, 2.24) is 14.7 Å². The van der Waals surface area contributed by atoms with Crippen LogP contribution >= 0.6 is 0 Å². The van der Waals surface area contributed by atoms with Crippen LogP contribution < -0.4 is 0 Å². The SMILES string of the molecule is C=C(/C=C(/C)N=C(C)N1Cc2cc(C3=CC(C)(C(C)=O)CC=C3)ccc2CC1C)N1CCN(C)CC1. The topological polar surface area (TPSA) is 39.2 Å². The summed E-state index contributed by atoms with van der Waals surface area (Å²) in [5.74, 6) is 1.26. The lowest BCUT2D eigenvalue weighted by Gasteiger charge is -2.37. The molecule has 0 N–H and O–H groups in total. The van der Waals surface area contributed by atoms with E-state index in [0.717, 1.165) is 68.4 Å². The van der Waals surface area contributed by atoms with E-state index < -0.39 is 5.41 Å². The van der Waals surface area contributed by atoms with E-state index in [1.165, 1.54) is 16.7 Å². The number of Topliss-reactive ketones (excluding diaryl/α,β-unsaturated/α-hetero) is 1. The number of hydrogen-bond donors (Lipinski definition) is 0. The Morgan fingerprint density at radius 1 is 1.14 bits per heavy atom. The Balaban J connectivity index is 1.51. The van der Waals surface area contributed by atoms with Crippen molar-refractivity contribution in [3.8, 4) is 0 Å². The molecule has 0 bridgehead atoms. The van der Waals surface area contributed by atoms with Crippen LogP contribution in [-0.2, 0) is 17.8 Å². The van der Waals surface area contributed by atoms with Gasteiger partial charge in [0.1, 0.15) is 11.6 Å². The summed E-state index contributed by atoms with van der Waals surface area (Å²) >= 11 is 0. The Labute approximate surface area is 217 Å². The molecule has 0 aromatic heterocycles. The molecule has 0 saturated carbocycles. The van der Waals surface area contributed by atoms with Crippen LogP contribution in [0.2, 0.25) is 0 Å². The molecular formula is C31H42N4O. The number of fused-ring (bicyclic) bond motifs is 1. The molecule has 2 unspecified atom stereocenters. The van der Waals surface area contributed by atoms with Crippen LogP contribution in [0, 0.1) is 5.41 Å². The standard InChI is InChI=1S/C31H42N4O/c1-22(17-23(2)34-15-13-33(7)14-16-34)32-26(5)35-21-30-19-28(11-10-27(30)18-24(35)3)29-9-8-12-31(6,20-29)25(4)36/h8-11,17,19-20,24H,2,12-16,18,21H2,1,3-7H3/b22-17-,32-26?. The monoisotopic (exact) mass is 486 g/mol. The normalized spacial score (nSPS) is 25.5. The predicted molar refractivity (Wildman–Crippen MR) is 151 cm³/mol. The second-order valence-corrected chi connectivity index (χ2v) is 11.1. The average Bonchev–Trinajstić information content (AvgIpc) is 2.83. The Hall–Kier alpha value is -2.92. The van der Waals surface area contributed by atoms with Gasteiger partial charge in [-0.2, -0.15) is 0 Å². The summed E-state index contributed by atoms with van der Waals surface area (Å²) < 4.78 is 0. The van der Waals surface area contributed by atoms with Gasteiger partial charge < -0.3 is 14.7 Å². The zero-order valence-electron chi connectivity index (χ0n) is 23.0. The van der Waals surface area contributed by atoms with Gasteiger partial charge >= 0.3 is 0 Å². The second kappa shape index (κ2) is 10.6. The van der Waals surface area contributed by atoms with Crippen LogP contribution in [0.1, 0.15) is 57.7 Å². The minimum absolute atomic E-state index is 0.216. The maximum Gasteiger partial charge on any atom is 0.139 e. The Morgan fingerprint density at radius 3 is 2.56 bits per heavy atom. The van der Waals surface area contributed by atoms with E-state index in [0.29, 0.717) is 6.04 Å².